The zero-order chi connectivity index (χ0) is 17.5. The number of hydrogen-bond donors (Lipinski definition) is 2. The van der Waals surface area contributed by atoms with Gasteiger partial charge in [0.05, 0.1) is 11.2 Å². The van der Waals surface area contributed by atoms with E-state index in [0.29, 0.717) is 12.1 Å². The Morgan fingerprint density at radius 3 is 2.50 bits per heavy atom. The molecule has 0 saturated carbocycles. The molecule has 126 valence electrons. The van der Waals surface area contributed by atoms with Crippen LogP contribution in [0, 0.1) is 0 Å². The molecule has 6 heteroatoms. The molecule has 0 spiro atoms. The monoisotopic (exact) mass is 326 g/mol. The number of nitrogens with two attached hydrogens (primary N) is 1. The average Bonchev–Trinajstić information content (AvgIpc) is 3.02. The van der Waals surface area contributed by atoms with Gasteiger partial charge in [-0.25, -0.2) is 0 Å². The van der Waals surface area contributed by atoms with Crippen LogP contribution >= 0.6 is 0 Å². The van der Waals surface area contributed by atoms with Crippen molar-refractivity contribution in [2.75, 3.05) is 6.54 Å². The third kappa shape index (κ3) is 2.81. The molecule has 2 heterocycles. The third-order valence-electron chi connectivity index (χ3n) is 5.01. The standard InChI is InChI=1S/C18H23BN2O3/c1-17(2)18(3,4)24-19(23-17)14(9-20)7-12-5-6-16-15(8-12)13(11-22)10-21-16/h5-8,10-11,21H,9,20H2,1-4H3. The maximum Gasteiger partial charge on any atom is 0.491 e. The van der Waals surface area contributed by atoms with Gasteiger partial charge in [0.1, 0.15) is 0 Å². The van der Waals surface area contributed by atoms with E-state index < -0.39 is 18.3 Å². The van der Waals surface area contributed by atoms with Gasteiger partial charge in [0, 0.05) is 29.2 Å². The predicted octanol–water partition coefficient (Wildman–Crippen LogP) is 2.95. The molecule has 5 nitrogen and oxygen atoms in total. The molecule has 1 fully saturated rings. The summed E-state index contributed by atoms with van der Waals surface area (Å²) >= 11 is 0. The number of nitrogens with one attached hydrogen (secondary N) is 1. The number of carbonyl (C=O) groups excluding carboxylic acids is 1. The van der Waals surface area contributed by atoms with Crippen molar-refractivity contribution in [3.8, 4) is 0 Å². The number of aromatic nitrogens is 1. The van der Waals surface area contributed by atoms with Crippen LogP contribution in [0.15, 0.2) is 29.9 Å². The van der Waals surface area contributed by atoms with Gasteiger partial charge in [0.2, 0.25) is 0 Å². The summed E-state index contributed by atoms with van der Waals surface area (Å²) in [5, 5.41) is 0.893. The molecule has 1 aromatic heterocycles. The van der Waals surface area contributed by atoms with Gasteiger partial charge in [-0.2, -0.15) is 0 Å². The second-order valence-corrected chi connectivity index (χ2v) is 7.18. The van der Waals surface area contributed by atoms with Gasteiger partial charge >= 0.3 is 7.12 Å². The number of carbonyl (C=O) groups is 1. The van der Waals surface area contributed by atoms with Crippen LogP contribution in [0.5, 0.6) is 0 Å². The van der Waals surface area contributed by atoms with Crippen molar-refractivity contribution < 1.29 is 14.1 Å². The molecule has 1 aliphatic rings. The molecule has 1 aliphatic heterocycles. The van der Waals surface area contributed by atoms with Crippen LogP contribution < -0.4 is 5.73 Å². The molecule has 2 aromatic rings. The number of rotatable bonds is 4. The Kier molecular flexibility index (Phi) is 4.15. The number of fused-ring (bicyclic) bond motifs is 1. The molecular formula is C18H23BN2O3. The van der Waals surface area contributed by atoms with E-state index in [-0.39, 0.29) is 0 Å². The molecule has 0 atom stereocenters. The first-order valence-electron chi connectivity index (χ1n) is 8.10. The molecule has 24 heavy (non-hydrogen) atoms. The molecule has 1 saturated heterocycles. The van der Waals surface area contributed by atoms with Gasteiger partial charge in [-0.3, -0.25) is 4.79 Å². The van der Waals surface area contributed by atoms with Crippen LogP contribution in [-0.4, -0.2) is 36.1 Å². The SMILES string of the molecule is CC1(C)OB(C(=Cc2ccc3[nH]cc(C=O)c3c2)CN)OC1(C)C. The van der Waals surface area contributed by atoms with Gasteiger partial charge in [0.25, 0.3) is 0 Å². The third-order valence-corrected chi connectivity index (χ3v) is 5.01. The van der Waals surface area contributed by atoms with Crippen molar-refractivity contribution >= 4 is 30.4 Å². The highest BCUT2D eigenvalue weighted by molar-refractivity contribution is 6.55. The molecule has 0 amide bonds. The molecule has 0 bridgehead atoms. The van der Waals surface area contributed by atoms with E-state index in [0.717, 1.165) is 28.2 Å². The molecule has 0 aliphatic carbocycles. The summed E-state index contributed by atoms with van der Waals surface area (Å²) in [6.45, 7) is 8.40. The second-order valence-electron chi connectivity index (χ2n) is 7.18. The van der Waals surface area contributed by atoms with Crippen molar-refractivity contribution in [2.45, 2.75) is 38.9 Å². The second kappa shape index (κ2) is 5.88. The van der Waals surface area contributed by atoms with E-state index in [1.165, 1.54) is 0 Å². The lowest BCUT2D eigenvalue weighted by Crippen LogP contribution is -2.41. The zero-order valence-electron chi connectivity index (χ0n) is 14.6. The Bertz CT molecular complexity index is 792. The molecule has 3 N–H and O–H groups in total. The Morgan fingerprint density at radius 2 is 1.92 bits per heavy atom. The van der Waals surface area contributed by atoms with Crippen molar-refractivity contribution in [3.05, 3.63) is 41.0 Å². The van der Waals surface area contributed by atoms with E-state index in [9.17, 15) is 4.79 Å². The van der Waals surface area contributed by atoms with Crippen LogP contribution in [-0.2, 0) is 9.31 Å². The minimum Gasteiger partial charge on any atom is -0.400 e. The maximum absolute atomic E-state index is 11.1. The number of benzene rings is 1. The summed E-state index contributed by atoms with van der Waals surface area (Å²) in [5.41, 5.74) is 8.54. The summed E-state index contributed by atoms with van der Waals surface area (Å²) in [6, 6.07) is 5.90. The molecular weight excluding hydrogens is 303 g/mol. The van der Waals surface area contributed by atoms with E-state index in [2.05, 4.69) is 4.98 Å². The van der Waals surface area contributed by atoms with Crippen LogP contribution in [0.1, 0.15) is 43.6 Å². The predicted molar refractivity (Wildman–Crippen MR) is 96.8 cm³/mol. The Labute approximate surface area is 142 Å². The van der Waals surface area contributed by atoms with Crippen LogP contribution in [0.25, 0.3) is 17.0 Å². The summed E-state index contributed by atoms with van der Waals surface area (Å²) < 4.78 is 12.1. The molecule has 1 aromatic carbocycles. The van der Waals surface area contributed by atoms with E-state index in [4.69, 9.17) is 15.0 Å². The molecule has 0 unspecified atom stereocenters. The van der Waals surface area contributed by atoms with Crippen LogP contribution in [0.3, 0.4) is 0 Å². The number of aldehydes is 1. The number of aromatic amines is 1. The van der Waals surface area contributed by atoms with Crippen LogP contribution in [0.4, 0.5) is 0 Å². The minimum atomic E-state index is -0.465. The lowest BCUT2D eigenvalue weighted by molar-refractivity contribution is 0.00578. The van der Waals surface area contributed by atoms with Gasteiger partial charge < -0.3 is 20.0 Å². The van der Waals surface area contributed by atoms with Gasteiger partial charge in [-0.05, 0) is 50.9 Å². The normalized spacial score (nSPS) is 19.9. The van der Waals surface area contributed by atoms with Crippen molar-refractivity contribution in [1.82, 2.24) is 4.98 Å². The largest absolute Gasteiger partial charge is 0.491 e. The van der Waals surface area contributed by atoms with Crippen molar-refractivity contribution in [1.29, 1.82) is 0 Å². The summed E-state index contributed by atoms with van der Waals surface area (Å²) in [4.78, 5) is 14.2. The highest BCUT2D eigenvalue weighted by Crippen LogP contribution is 2.38. The van der Waals surface area contributed by atoms with E-state index in [1.807, 2.05) is 52.0 Å². The molecule has 0 radical (unpaired) electrons. The number of hydrogen-bond acceptors (Lipinski definition) is 4. The van der Waals surface area contributed by atoms with E-state index in [1.54, 1.807) is 6.20 Å². The van der Waals surface area contributed by atoms with Crippen molar-refractivity contribution in [2.24, 2.45) is 5.73 Å². The van der Waals surface area contributed by atoms with Gasteiger partial charge in [0.15, 0.2) is 6.29 Å². The Balaban J connectivity index is 1.95. The first-order chi connectivity index (χ1) is 11.3. The Hall–Kier alpha value is -1.89. The maximum atomic E-state index is 11.1. The first kappa shape index (κ1) is 17.0. The quantitative estimate of drug-likeness (QED) is 0.669. The van der Waals surface area contributed by atoms with Crippen LogP contribution in [0.2, 0.25) is 0 Å². The lowest BCUT2D eigenvalue weighted by Gasteiger charge is -2.32. The average molecular weight is 326 g/mol. The highest BCUT2D eigenvalue weighted by atomic mass is 16.7. The summed E-state index contributed by atoms with van der Waals surface area (Å²) in [7, 11) is -0.465. The summed E-state index contributed by atoms with van der Waals surface area (Å²) in [5.74, 6) is 0. The topological polar surface area (TPSA) is 77.3 Å². The fraction of sp³-hybridized carbons (Fsp3) is 0.389. The van der Waals surface area contributed by atoms with Crippen molar-refractivity contribution in [3.63, 3.8) is 0 Å². The summed E-state index contributed by atoms with van der Waals surface area (Å²) in [6.07, 6.45) is 4.54. The van der Waals surface area contributed by atoms with Gasteiger partial charge in [-0.15, -0.1) is 0 Å². The van der Waals surface area contributed by atoms with E-state index >= 15 is 0 Å². The zero-order valence-corrected chi connectivity index (χ0v) is 14.6. The lowest BCUT2D eigenvalue weighted by atomic mass is 9.77. The van der Waals surface area contributed by atoms with Gasteiger partial charge in [-0.1, -0.05) is 12.1 Å². The fourth-order valence-corrected chi connectivity index (χ4v) is 2.78. The fourth-order valence-electron chi connectivity index (χ4n) is 2.78. The molecule has 3 rings (SSSR count). The highest BCUT2D eigenvalue weighted by Gasteiger charge is 2.52. The Morgan fingerprint density at radius 1 is 1.25 bits per heavy atom. The number of H-pyrrole nitrogens is 1. The minimum absolute atomic E-state index is 0.336. The first-order valence-corrected chi connectivity index (χ1v) is 8.10. The smallest absolute Gasteiger partial charge is 0.400 e.